The van der Waals surface area contributed by atoms with Crippen LogP contribution in [0.1, 0.15) is 29.8 Å². The number of aromatic nitrogens is 4. The van der Waals surface area contributed by atoms with E-state index in [0.29, 0.717) is 22.2 Å². The van der Waals surface area contributed by atoms with E-state index in [0.717, 1.165) is 30.5 Å². The Morgan fingerprint density at radius 1 is 1.22 bits per heavy atom. The maximum Gasteiger partial charge on any atom is 0.255 e. The molecule has 1 aliphatic carbocycles. The van der Waals surface area contributed by atoms with Gasteiger partial charge in [0, 0.05) is 35.3 Å². The second-order valence-electron chi connectivity index (χ2n) is 8.12. The first kappa shape index (κ1) is 20.4. The van der Waals surface area contributed by atoms with Gasteiger partial charge in [-0.15, -0.1) is 0 Å². The molecule has 5 rings (SSSR count). The minimum absolute atomic E-state index is 0.107. The van der Waals surface area contributed by atoms with Crippen molar-refractivity contribution in [3.63, 3.8) is 0 Å². The Morgan fingerprint density at radius 2 is 2.00 bits per heavy atom. The number of benzene rings is 1. The largest absolute Gasteiger partial charge is 0.312 e. The van der Waals surface area contributed by atoms with Crippen molar-refractivity contribution in [3.8, 4) is 5.95 Å². The number of aryl methyl sites for hydroxylation is 2. The third-order valence-corrected chi connectivity index (χ3v) is 6.10. The number of H-pyrrole nitrogens is 1. The van der Waals surface area contributed by atoms with E-state index in [4.69, 9.17) is 11.6 Å². The van der Waals surface area contributed by atoms with Gasteiger partial charge in [-0.1, -0.05) is 11.6 Å². The molecule has 2 N–H and O–H groups in total. The van der Waals surface area contributed by atoms with Gasteiger partial charge in [0.2, 0.25) is 17.8 Å². The zero-order chi connectivity index (χ0) is 22.4. The topological polar surface area (TPSA) is 113 Å². The summed E-state index contributed by atoms with van der Waals surface area (Å²) >= 11 is 5.93. The van der Waals surface area contributed by atoms with Gasteiger partial charge in [0.1, 0.15) is 5.82 Å². The fourth-order valence-corrected chi connectivity index (χ4v) is 4.39. The number of fused-ring (bicyclic) bond motifs is 1. The van der Waals surface area contributed by atoms with Crippen LogP contribution in [0.15, 0.2) is 35.1 Å². The smallest absolute Gasteiger partial charge is 0.255 e. The summed E-state index contributed by atoms with van der Waals surface area (Å²) in [5.41, 5.74) is 2.68. The maximum absolute atomic E-state index is 13.0. The number of carbonyl (C=O) groups excluding carboxylic acids is 2. The molecule has 0 bridgehead atoms. The van der Waals surface area contributed by atoms with Gasteiger partial charge in [-0.25, -0.2) is 4.98 Å². The molecule has 10 heteroatoms. The van der Waals surface area contributed by atoms with E-state index in [1.165, 1.54) is 4.68 Å². The first-order valence-electron chi connectivity index (χ1n) is 10.4. The highest BCUT2D eigenvalue weighted by atomic mass is 35.5. The van der Waals surface area contributed by atoms with Crippen LogP contribution < -0.4 is 15.8 Å². The molecule has 0 saturated carbocycles. The zero-order valence-corrected chi connectivity index (χ0v) is 18.1. The van der Waals surface area contributed by atoms with Crippen LogP contribution in [0.5, 0.6) is 0 Å². The van der Waals surface area contributed by atoms with Crippen molar-refractivity contribution in [2.45, 2.75) is 32.6 Å². The summed E-state index contributed by atoms with van der Waals surface area (Å²) in [4.78, 5) is 46.8. The Balaban J connectivity index is 1.37. The molecule has 1 aliphatic heterocycles. The minimum atomic E-state index is -0.520. The third-order valence-electron chi connectivity index (χ3n) is 5.85. The number of amides is 2. The van der Waals surface area contributed by atoms with E-state index >= 15 is 0 Å². The van der Waals surface area contributed by atoms with Crippen molar-refractivity contribution in [1.82, 2.24) is 19.7 Å². The van der Waals surface area contributed by atoms with Crippen molar-refractivity contribution in [2.24, 2.45) is 5.92 Å². The molecule has 3 heterocycles. The van der Waals surface area contributed by atoms with Crippen LogP contribution in [0.3, 0.4) is 0 Å². The molecule has 0 radical (unpaired) electrons. The molecule has 2 amide bonds. The van der Waals surface area contributed by atoms with E-state index in [1.54, 1.807) is 42.2 Å². The normalized spacial score (nSPS) is 17.6. The van der Waals surface area contributed by atoms with Gasteiger partial charge < -0.3 is 10.2 Å². The molecule has 3 aromatic rings. The molecule has 1 saturated heterocycles. The SMILES string of the molecule is Cc1cc(NC(=O)C2CC(=O)N(c3ccc(Cl)cc3)C2)n(-c2nc3c(c(=O)[nH]2)CCC3)n1. The lowest BCUT2D eigenvalue weighted by atomic mass is 10.1. The van der Waals surface area contributed by atoms with Crippen LogP contribution in [0.25, 0.3) is 5.95 Å². The molecule has 1 fully saturated rings. The summed E-state index contributed by atoms with van der Waals surface area (Å²) < 4.78 is 1.43. The standard InChI is InChI=1S/C22H21ClN6O3/c1-12-9-18(29(27-12)22-24-17-4-2-3-16(17)21(32)26-22)25-20(31)13-10-19(30)28(11-13)15-7-5-14(23)6-8-15/h5-9,13H,2-4,10-11H2,1H3,(H,25,31)(H,24,26,32). The molecule has 2 aromatic heterocycles. The fourth-order valence-electron chi connectivity index (χ4n) is 4.26. The summed E-state index contributed by atoms with van der Waals surface area (Å²) in [6, 6.07) is 8.65. The quantitative estimate of drug-likeness (QED) is 0.631. The Morgan fingerprint density at radius 3 is 2.78 bits per heavy atom. The number of halogens is 1. The molecule has 164 valence electrons. The highest BCUT2D eigenvalue weighted by molar-refractivity contribution is 6.30. The summed E-state index contributed by atoms with van der Waals surface area (Å²) in [6.45, 7) is 2.06. The van der Waals surface area contributed by atoms with Crippen molar-refractivity contribution in [3.05, 3.63) is 62.7 Å². The number of hydrogen-bond donors (Lipinski definition) is 2. The number of hydrogen-bond acceptors (Lipinski definition) is 5. The molecule has 1 unspecified atom stereocenters. The zero-order valence-electron chi connectivity index (χ0n) is 17.4. The van der Waals surface area contributed by atoms with Gasteiger partial charge in [-0.2, -0.15) is 9.78 Å². The van der Waals surface area contributed by atoms with Gasteiger partial charge in [-0.3, -0.25) is 19.4 Å². The predicted molar refractivity (Wildman–Crippen MR) is 119 cm³/mol. The van der Waals surface area contributed by atoms with E-state index in [9.17, 15) is 14.4 Å². The summed E-state index contributed by atoms with van der Waals surface area (Å²) in [6.07, 6.45) is 2.48. The number of nitrogens with one attached hydrogen (secondary N) is 2. The first-order valence-corrected chi connectivity index (χ1v) is 10.8. The number of aromatic amines is 1. The fraction of sp³-hybridized carbons (Fsp3) is 0.318. The number of rotatable bonds is 4. The number of carbonyl (C=O) groups is 2. The monoisotopic (exact) mass is 452 g/mol. The van der Waals surface area contributed by atoms with Crippen molar-refractivity contribution in [1.29, 1.82) is 0 Å². The molecule has 1 atom stereocenters. The average molecular weight is 453 g/mol. The lowest BCUT2D eigenvalue weighted by Gasteiger charge is -2.17. The number of nitrogens with zero attached hydrogens (tertiary/aromatic N) is 4. The molecular weight excluding hydrogens is 432 g/mol. The summed E-state index contributed by atoms with van der Waals surface area (Å²) in [5.74, 6) is -0.273. The van der Waals surface area contributed by atoms with E-state index < -0.39 is 5.92 Å². The Hall–Kier alpha value is -3.46. The highest BCUT2D eigenvalue weighted by Gasteiger charge is 2.35. The Kier molecular flexibility index (Phi) is 5.05. The molecule has 1 aromatic carbocycles. The van der Waals surface area contributed by atoms with Gasteiger partial charge >= 0.3 is 0 Å². The molecular formula is C22H21ClN6O3. The second-order valence-corrected chi connectivity index (χ2v) is 8.56. The third kappa shape index (κ3) is 3.69. The molecule has 9 nitrogen and oxygen atoms in total. The van der Waals surface area contributed by atoms with Crippen molar-refractivity contribution in [2.75, 3.05) is 16.8 Å². The molecule has 0 spiro atoms. The highest BCUT2D eigenvalue weighted by Crippen LogP contribution is 2.27. The number of anilines is 2. The summed E-state index contributed by atoms with van der Waals surface area (Å²) in [7, 11) is 0. The van der Waals surface area contributed by atoms with Crippen LogP contribution in [-0.2, 0) is 22.4 Å². The molecule has 32 heavy (non-hydrogen) atoms. The maximum atomic E-state index is 13.0. The van der Waals surface area contributed by atoms with Crippen LogP contribution in [0.4, 0.5) is 11.5 Å². The van der Waals surface area contributed by atoms with Crippen LogP contribution in [0, 0.1) is 12.8 Å². The van der Waals surface area contributed by atoms with Crippen molar-refractivity contribution >= 4 is 34.9 Å². The van der Waals surface area contributed by atoms with E-state index in [2.05, 4.69) is 20.4 Å². The average Bonchev–Trinajstić information content (AvgIpc) is 3.47. The van der Waals surface area contributed by atoms with Gasteiger partial charge in [0.15, 0.2) is 0 Å². The van der Waals surface area contributed by atoms with Crippen LogP contribution >= 0.6 is 11.6 Å². The van der Waals surface area contributed by atoms with Crippen molar-refractivity contribution < 1.29 is 9.59 Å². The Bertz CT molecular complexity index is 1280. The van der Waals surface area contributed by atoms with Crippen LogP contribution in [0.2, 0.25) is 5.02 Å². The molecule has 2 aliphatic rings. The van der Waals surface area contributed by atoms with Crippen LogP contribution in [-0.4, -0.2) is 38.1 Å². The van der Waals surface area contributed by atoms with Gasteiger partial charge in [0.05, 0.1) is 17.3 Å². The van der Waals surface area contributed by atoms with E-state index in [1.807, 2.05) is 0 Å². The van der Waals surface area contributed by atoms with Gasteiger partial charge in [-0.05, 0) is 50.5 Å². The summed E-state index contributed by atoms with van der Waals surface area (Å²) in [5, 5.41) is 7.83. The van der Waals surface area contributed by atoms with Gasteiger partial charge in [0.25, 0.3) is 5.56 Å². The Labute approximate surface area is 188 Å². The second kappa shape index (κ2) is 7.90. The first-order chi connectivity index (χ1) is 15.4. The van der Waals surface area contributed by atoms with E-state index in [-0.39, 0.29) is 36.3 Å². The minimum Gasteiger partial charge on any atom is -0.312 e. The lowest BCUT2D eigenvalue weighted by Crippen LogP contribution is -2.29. The lowest BCUT2D eigenvalue weighted by molar-refractivity contribution is -0.122. The predicted octanol–water partition coefficient (Wildman–Crippen LogP) is 2.40.